The lowest BCUT2D eigenvalue weighted by atomic mass is 9.99. The third-order valence-corrected chi connectivity index (χ3v) is 2.38. The molecule has 0 aromatic rings. The summed E-state index contributed by atoms with van der Waals surface area (Å²) in [6.07, 6.45) is 1.71. The molecule has 1 heterocycles. The summed E-state index contributed by atoms with van der Waals surface area (Å²) in [7, 11) is 4.05. The molecular formula is C9H19NO2. The molecular weight excluding hydrogens is 154 g/mol. The number of hydrogen-bond acceptors (Lipinski definition) is 3. The van der Waals surface area contributed by atoms with Crippen LogP contribution in [0.3, 0.4) is 0 Å². The van der Waals surface area contributed by atoms with Crippen molar-refractivity contribution in [3.05, 3.63) is 0 Å². The van der Waals surface area contributed by atoms with Crippen LogP contribution in [-0.4, -0.2) is 50.0 Å². The Kier molecular flexibility index (Phi) is 3.98. The van der Waals surface area contributed by atoms with E-state index in [1.165, 1.54) is 0 Å². The molecule has 0 spiro atoms. The standard InChI is InChI=1S/C9H19NO2/c1-10(2)5-3-9(11)8-4-6-12-7-8/h8-9,11H,3-7H2,1-2H3. The molecule has 3 nitrogen and oxygen atoms in total. The van der Waals surface area contributed by atoms with Gasteiger partial charge in [0.25, 0.3) is 0 Å². The Bertz CT molecular complexity index is 122. The molecule has 0 aliphatic carbocycles. The zero-order valence-corrected chi connectivity index (χ0v) is 7.99. The number of rotatable bonds is 4. The van der Waals surface area contributed by atoms with Crippen LogP contribution in [0.2, 0.25) is 0 Å². The first-order chi connectivity index (χ1) is 5.70. The van der Waals surface area contributed by atoms with Gasteiger partial charge < -0.3 is 14.7 Å². The predicted octanol–water partition coefficient (Wildman–Crippen LogP) is 0.335. The van der Waals surface area contributed by atoms with Gasteiger partial charge in [0.1, 0.15) is 0 Å². The highest BCUT2D eigenvalue weighted by atomic mass is 16.5. The minimum Gasteiger partial charge on any atom is -0.393 e. The summed E-state index contributed by atoms with van der Waals surface area (Å²) in [5, 5.41) is 9.69. The third-order valence-electron chi connectivity index (χ3n) is 2.38. The molecule has 3 heteroatoms. The van der Waals surface area contributed by atoms with E-state index in [0.717, 1.165) is 32.6 Å². The van der Waals surface area contributed by atoms with Crippen LogP contribution in [0.1, 0.15) is 12.8 Å². The second-order valence-corrected chi connectivity index (χ2v) is 3.78. The highest BCUT2D eigenvalue weighted by Crippen LogP contribution is 2.18. The number of ether oxygens (including phenoxy) is 1. The lowest BCUT2D eigenvalue weighted by Crippen LogP contribution is -2.26. The van der Waals surface area contributed by atoms with Crippen molar-refractivity contribution in [3.8, 4) is 0 Å². The van der Waals surface area contributed by atoms with Gasteiger partial charge in [0.05, 0.1) is 12.7 Å². The topological polar surface area (TPSA) is 32.7 Å². The molecule has 1 fully saturated rings. The van der Waals surface area contributed by atoms with E-state index in [0.29, 0.717) is 5.92 Å². The Labute approximate surface area is 74.3 Å². The molecule has 0 aromatic carbocycles. The molecule has 1 N–H and O–H groups in total. The van der Waals surface area contributed by atoms with Gasteiger partial charge in [0.15, 0.2) is 0 Å². The summed E-state index contributed by atoms with van der Waals surface area (Å²) >= 11 is 0. The van der Waals surface area contributed by atoms with E-state index in [1.807, 2.05) is 14.1 Å². The fraction of sp³-hybridized carbons (Fsp3) is 1.00. The molecule has 1 aliphatic rings. The molecule has 0 saturated carbocycles. The number of aliphatic hydroxyl groups excluding tert-OH is 1. The molecule has 0 amide bonds. The fourth-order valence-electron chi connectivity index (χ4n) is 1.48. The first kappa shape index (κ1) is 9.96. The second kappa shape index (κ2) is 4.80. The molecule has 0 radical (unpaired) electrons. The molecule has 12 heavy (non-hydrogen) atoms. The zero-order chi connectivity index (χ0) is 8.97. The van der Waals surface area contributed by atoms with Crippen LogP contribution in [0.25, 0.3) is 0 Å². The maximum absolute atomic E-state index is 9.69. The minimum absolute atomic E-state index is 0.171. The summed E-state index contributed by atoms with van der Waals surface area (Å²) in [5.74, 6) is 0.380. The van der Waals surface area contributed by atoms with Gasteiger partial charge >= 0.3 is 0 Å². The van der Waals surface area contributed by atoms with Gasteiger partial charge in [0, 0.05) is 12.5 Å². The van der Waals surface area contributed by atoms with Crippen LogP contribution >= 0.6 is 0 Å². The Morgan fingerprint density at radius 2 is 2.33 bits per heavy atom. The van der Waals surface area contributed by atoms with Crippen molar-refractivity contribution in [2.45, 2.75) is 18.9 Å². The van der Waals surface area contributed by atoms with E-state index >= 15 is 0 Å². The minimum atomic E-state index is -0.171. The Balaban J connectivity index is 2.13. The lowest BCUT2D eigenvalue weighted by molar-refractivity contribution is 0.0786. The van der Waals surface area contributed by atoms with Crippen LogP contribution in [-0.2, 0) is 4.74 Å². The average Bonchev–Trinajstić information content (AvgIpc) is 2.51. The van der Waals surface area contributed by atoms with Crippen molar-refractivity contribution in [3.63, 3.8) is 0 Å². The van der Waals surface area contributed by atoms with E-state index in [-0.39, 0.29) is 6.10 Å². The molecule has 72 valence electrons. The van der Waals surface area contributed by atoms with Crippen molar-refractivity contribution in [1.29, 1.82) is 0 Å². The van der Waals surface area contributed by atoms with Gasteiger partial charge in [-0.3, -0.25) is 0 Å². The number of nitrogens with zero attached hydrogens (tertiary/aromatic N) is 1. The molecule has 0 aromatic heterocycles. The van der Waals surface area contributed by atoms with Crippen molar-refractivity contribution in [2.24, 2.45) is 5.92 Å². The van der Waals surface area contributed by atoms with Crippen molar-refractivity contribution >= 4 is 0 Å². The van der Waals surface area contributed by atoms with Crippen molar-refractivity contribution < 1.29 is 9.84 Å². The summed E-state index contributed by atoms with van der Waals surface area (Å²) < 4.78 is 5.21. The first-order valence-electron chi connectivity index (χ1n) is 4.60. The molecule has 1 saturated heterocycles. The van der Waals surface area contributed by atoms with E-state index in [1.54, 1.807) is 0 Å². The normalized spacial score (nSPS) is 26.5. The Morgan fingerprint density at radius 3 is 2.83 bits per heavy atom. The average molecular weight is 173 g/mol. The van der Waals surface area contributed by atoms with Gasteiger partial charge in [0.2, 0.25) is 0 Å². The van der Waals surface area contributed by atoms with E-state index in [4.69, 9.17) is 4.74 Å². The molecule has 2 atom stereocenters. The van der Waals surface area contributed by atoms with E-state index in [2.05, 4.69) is 4.90 Å². The smallest absolute Gasteiger partial charge is 0.0603 e. The maximum atomic E-state index is 9.69. The number of aliphatic hydroxyl groups is 1. The molecule has 0 bridgehead atoms. The lowest BCUT2D eigenvalue weighted by Gasteiger charge is -2.18. The number of hydrogen-bond donors (Lipinski definition) is 1. The van der Waals surface area contributed by atoms with Crippen molar-refractivity contribution in [1.82, 2.24) is 4.90 Å². The van der Waals surface area contributed by atoms with E-state index in [9.17, 15) is 5.11 Å². The summed E-state index contributed by atoms with van der Waals surface area (Å²) in [6.45, 7) is 2.52. The van der Waals surface area contributed by atoms with Crippen LogP contribution in [0.5, 0.6) is 0 Å². The summed E-state index contributed by atoms with van der Waals surface area (Å²) in [6, 6.07) is 0. The third kappa shape index (κ3) is 3.09. The Hall–Kier alpha value is -0.120. The van der Waals surface area contributed by atoms with Gasteiger partial charge in [-0.15, -0.1) is 0 Å². The zero-order valence-electron chi connectivity index (χ0n) is 7.99. The van der Waals surface area contributed by atoms with Crippen LogP contribution < -0.4 is 0 Å². The first-order valence-corrected chi connectivity index (χ1v) is 4.60. The van der Waals surface area contributed by atoms with E-state index < -0.39 is 0 Å². The largest absolute Gasteiger partial charge is 0.393 e. The van der Waals surface area contributed by atoms with Crippen LogP contribution in [0.15, 0.2) is 0 Å². The Morgan fingerprint density at radius 1 is 1.58 bits per heavy atom. The predicted molar refractivity (Wildman–Crippen MR) is 48.1 cm³/mol. The van der Waals surface area contributed by atoms with Crippen LogP contribution in [0.4, 0.5) is 0 Å². The second-order valence-electron chi connectivity index (χ2n) is 3.78. The maximum Gasteiger partial charge on any atom is 0.0603 e. The SMILES string of the molecule is CN(C)CCC(O)C1CCOC1. The summed E-state index contributed by atoms with van der Waals surface area (Å²) in [5.41, 5.74) is 0. The monoisotopic (exact) mass is 173 g/mol. The van der Waals surface area contributed by atoms with Gasteiger partial charge in [-0.2, -0.15) is 0 Å². The van der Waals surface area contributed by atoms with Gasteiger partial charge in [-0.25, -0.2) is 0 Å². The summed E-state index contributed by atoms with van der Waals surface area (Å²) in [4.78, 5) is 2.10. The highest BCUT2D eigenvalue weighted by Gasteiger charge is 2.23. The fourth-order valence-corrected chi connectivity index (χ4v) is 1.48. The quantitative estimate of drug-likeness (QED) is 0.665. The van der Waals surface area contributed by atoms with Gasteiger partial charge in [-0.05, 0) is 33.5 Å². The molecule has 2 unspecified atom stereocenters. The van der Waals surface area contributed by atoms with Crippen molar-refractivity contribution in [2.75, 3.05) is 33.9 Å². The molecule has 1 rings (SSSR count). The van der Waals surface area contributed by atoms with Gasteiger partial charge in [-0.1, -0.05) is 0 Å². The van der Waals surface area contributed by atoms with Crippen LogP contribution in [0, 0.1) is 5.92 Å². The molecule has 1 aliphatic heterocycles. The highest BCUT2D eigenvalue weighted by molar-refractivity contribution is 4.73.